The van der Waals surface area contributed by atoms with Crippen LogP contribution in [0.1, 0.15) is 31.4 Å². The number of anilines is 1. The molecule has 3 rings (SSSR count). The molecule has 1 aliphatic rings. The van der Waals surface area contributed by atoms with Crippen LogP contribution in [0.4, 0.5) is 5.00 Å². The van der Waals surface area contributed by atoms with Crippen molar-refractivity contribution < 1.29 is 0 Å². The molecule has 0 bridgehead atoms. The van der Waals surface area contributed by atoms with Crippen molar-refractivity contribution in [2.75, 3.05) is 24.5 Å². The zero-order valence-corrected chi connectivity index (χ0v) is 16.0. The lowest BCUT2D eigenvalue weighted by atomic mass is 10.1. The Morgan fingerprint density at radius 2 is 2.16 bits per heavy atom. The smallest absolute Gasteiger partial charge is 0.191 e. The maximum absolute atomic E-state index is 4.68. The molecule has 0 spiro atoms. The summed E-state index contributed by atoms with van der Waals surface area (Å²) >= 11 is 1.82. The molecule has 2 N–H and O–H groups in total. The second kappa shape index (κ2) is 8.33. The molecule has 0 saturated carbocycles. The molecule has 0 aliphatic carbocycles. The minimum atomic E-state index is 0.454. The summed E-state index contributed by atoms with van der Waals surface area (Å²) in [4.78, 5) is 7.15. The van der Waals surface area contributed by atoms with Crippen LogP contribution in [-0.2, 0) is 13.6 Å². The quantitative estimate of drug-likeness (QED) is 0.629. The van der Waals surface area contributed by atoms with Gasteiger partial charge in [-0.25, -0.2) is 4.99 Å². The Labute approximate surface area is 153 Å². The van der Waals surface area contributed by atoms with Gasteiger partial charge in [0.15, 0.2) is 11.8 Å². The van der Waals surface area contributed by atoms with Crippen LogP contribution in [0.5, 0.6) is 0 Å². The average molecular weight is 362 g/mol. The number of hydrogen-bond donors (Lipinski definition) is 2. The Morgan fingerprint density at radius 3 is 2.76 bits per heavy atom. The highest BCUT2D eigenvalue weighted by atomic mass is 32.1. The maximum Gasteiger partial charge on any atom is 0.191 e. The number of guanidine groups is 1. The van der Waals surface area contributed by atoms with Gasteiger partial charge in [-0.2, -0.15) is 0 Å². The van der Waals surface area contributed by atoms with E-state index in [1.165, 1.54) is 5.00 Å². The second-order valence-electron chi connectivity index (χ2n) is 6.27. The number of aryl methyl sites for hydroxylation is 1. The van der Waals surface area contributed by atoms with E-state index in [1.807, 2.05) is 29.9 Å². The molecule has 136 valence electrons. The summed E-state index contributed by atoms with van der Waals surface area (Å²) < 4.78 is 1.98. The normalized spacial score (nSPS) is 16.3. The van der Waals surface area contributed by atoms with Crippen molar-refractivity contribution in [2.24, 2.45) is 12.0 Å². The van der Waals surface area contributed by atoms with Gasteiger partial charge in [-0.15, -0.1) is 21.5 Å². The summed E-state index contributed by atoms with van der Waals surface area (Å²) in [6, 6.07) is 4.77. The van der Waals surface area contributed by atoms with Gasteiger partial charge >= 0.3 is 0 Å². The van der Waals surface area contributed by atoms with Crippen molar-refractivity contribution in [3.05, 3.63) is 29.2 Å². The van der Waals surface area contributed by atoms with E-state index >= 15 is 0 Å². The minimum absolute atomic E-state index is 0.454. The monoisotopic (exact) mass is 361 g/mol. The van der Waals surface area contributed by atoms with Gasteiger partial charge in [0.2, 0.25) is 0 Å². The Kier molecular flexibility index (Phi) is 5.91. The number of aromatic nitrogens is 3. The van der Waals surface area contributed by atoms with Gasteiger partial charge in [0.1, 0.15) is 12.4 Å². The van der Waals surface area contributed by atoms with Gasteiger partial charge in [-0.1, -0.05) is 0 Å². The Morgan fingerprint density at radius 1 is 1.36 bits per heavy atom. The van der Waals surface area contributed by atoms with E-state index in [-0.39, 0.29) is 0 Å². The Hall–Kier alpha value is -2.09. The third kappa shape index (κ3) is 4.50. The lowest BCUT2D eigenvalue weighted by Gasteiger charge is -2.33. The first-order chi connectivity index (χ1) is 12.2. The molecular weight excluding hydrogens is 334 g/mol. The van der Waals surface area contributed by atoms with E-state index in [0.717, 1.165) is 50.1 Å². The highest BCUT2D eigenvalue weighted by Gasteiger charge is 2.20. The van der Waals surface area contributed by atoms with Gasteiger partial charge in [0, 0.05) is 32.7 Å². The maximum atomic E-state index is 4.68. The van der Waals surface area contributed by atoms with E-state index in [2.05, 4.69) is 55.2 Å². The van der Waals surface area contributed by atoms with Gasteiger partial charge in [0.05, 0.1) is 5.00 Å². The molecule has 0 atom stereocenters. The van der Waals surface area contributed by atoms with Crippen LogP contribution in [0.25, 0.3) is 0 Å². The molecule has 7 nitrogen and oxygen atoms in total. The number of piperidine rings is 1. The predicted molar refractivity (Wildman–Crippen MR) is 103 cm³/mol. The van der Waals surface area contributed by atoms with Crippen LogP contribution in [0.15, 0.2) is 22.5 Å². The fourth-order valence-electron chi connectivity index (χ4n) is 2.95. The number of thiophene rings is 1. The third-order valence-electron chi connectivity index (χ3n) is 4.56. The van der Waals surface area contributed by atoms with E-state index in [9.17, 15) is 0 Å². The van der Waals surface area contributed by atoms with E-state index in [1.54, 1.807) is 0 Å². The van der Waals surface area contributed by atoms with Crippen LogP contribution in [-0.4, -0.2) is 46.4 Å². The van der Waals surface area contributed by atoms with Crippen molar-refractivity contribution in [3.63, 3.8) is 0 Å². The van der Waals surface area contributed by atoms with E-state index in [0.29, 0.717) is 12.6 Å². The van der Waals surface area contributed by atoms with Crippen molar-refractivity contribution in [3.8, 4) is 0 Å². The fraction of sp³-hybridized carbons (Fsp3) is 0.588. The van der Waals surface area contributed by atoms with E-state index < -0.39 is 0 Å². The number of nitrogens with one attached hydrogen (secondary N) is 2. The molecule has 8 heteroatoms. The van der Waals surface area contributed by atoms with Crippen molar-refractivity contribution >= 4 is 22.3 Å². The first-order valence-electron chi connectivity index (χ1n) is 8.85. The Balaban J connectivity index is 1.55. The second-order valence-corrected chi connectivity index (χ2v) is 7.20. The lowest BCUT2D eigenvalue weighted by molar-refractivity contribution is 0.462. The lowest BCUT2D eigenvalue weighted by Crippen LogP contribution is -2.48. The van der Waals surface area contributed by atoms with Crippen LogP contribution < -0.4 is 15.5 Å². The molecule has 0 radical (unpaired) electrons. The molecular formula is C17H27N7S. The zero-order chi connectivity index (χ0) is 17.6. The molecule has 1 saturated heterocycles. The third-order valence-corrected chi connectivity index (χ3v) is 5.49. The number of nitrogens with zero attached hydrogens (tertiary/aromatic N) is 5. The predicted octanol–water partition coefficient (Wildman–Crippen LogP) is 1.91. The summed E-state index contributed by atoms with van der Waals surface area (Å²) in [7, 11) is 1.97. The van der Waals surface area contributed by atoms with Gasteiger partial charge in [-0.05, 0) is 44.2 Å². The highest BCUT2D eigenvalue weighted by molar-refractivity contribution is 7.14. The minimum Gasteiger partial charge on any atom is -0.363 e. The number of aliphatic imine (C=N–C) groups is 1. The topological polar surface area (TPSA) is 70.4 Å². The molecule has 25 heavy (non-hydrogen) atoms. The van der Waals surface area contributed by atoms with Crippen molar-refractivity contribution in [1.82, 2.24) is 25.4 Å². The molecule has 2 aromatic rings. The summed E-state index contributed by atoms with van der Waals surface area (Å²) in [5.74, 6) is 2.64. The largest absolute Gasteiger partial charge is 0.363 e. The van der Waals surface area contributed by atoms with E-state index in [4.69, 9.17) is 0 Å². The zero-order valence-electron chi connectivity index (χ0n) is 15.2. The first-order valence-corrected chi connectivity index (χ1v) is 9.73. The van der Waals surface area contributed by atoms with Crippen LogP contribution >= 0.6 is 11.3 Å². The number of rotatable bonds is 5. The SMILES string of the molecule is CCNC(=NCc1nnc(C)n1C)NC1CCN(c2cccs2)CC1. The van der Waals surface area contributed by atoms with Gasteiger partial charge in [-0.3, -0.25) is 0 Å². The van der Waals surface area contributed by atoms with Crippen LogP contribution in [0.3, 0.4) is 0 Å². The molecule has 0 unspecified atom stereocenters. The molecule has 0 aromatic carbocycles. The molecule has 3 heterocycles. The van der Waals surface area contributed by atoms with Crippen molar-refractivity contribution in [2.45, 2.75) is 39.3 Å². The van der Waals surface area contributed by atoms with Gasteiger partial charge in [0.25, 0.3) is 0 Å². The summed E-state index contributed by atoms with van der Waals surface area (Å²) in [6.07, 6.45) is 2.23. The van der Waals surface area contributed by atoms with Gasteiger partial charge < -0.3 is 20.1 Å². The summed E-state index contributed by atoms with van der Waals surface area (Å²) in [5, 5.41) is 18.7. The summed E-state index contributed by atoms with van der Waals surface area (Å²) in [6.45, 7) is 7.58. The Bertz CT molecular complexity index is 684. The average Bonchev–Trinajstić information content (AvgIpc) is 3.26. The molecule has 1 aliphatic heterocycles. The first kappa shape index (κ1) is 17.7. The van der Waals surface area contributed by atoms with Crippen LogP contribution in [0, 0.1) is 6.92 Å². The van der Waals surface area contributed by atoms with Crippen LogP contribution in [0.2, 0.25) is 0 Å². The number of hydrogen-bond acceptors (Lipinski definition) is 5. The van der Waals surface area contributed by atoms with Crippen molar-refractivity contribution in [1.29, 1.82) is 0 Å². The molecule has 0 amide bonds. The highest BCUT2D eigenvalue weighted by Crippen LogP contribution is 2.24. The molecule has 1 fully saturated rings. The standard InChI is InChI=1S/C17H27N7S/c1-4-18-17(19-12-15-22-21-13(2)23(15)3)20-14-7-9-24(10-8-14)16-6-5-11-25-16/h5-6,11,14H,4,7-10,12H2,1-3H3,(H2,18,19,20). The molecule has 2 aromatic heterocycles. The summed E-state index contributed by atoms with van der Waals surface area (Å²) in [5.41, 5.74) is 0. The fourth-order valence-corrected chi connectivity index (χ4v) is 3.73.